The molecule has 0 spiro atoms. The highest BCUT2D eigenvalue weighted by atomic mass is 79.9. The van der Waals surface area contributed by atoms with Crippen LogP contribution in [0.3, 0.4) is 0 Å². The van der Waals surface area contributed by atoms with E-state index in [1.54, 1.807) is 0 Å². The van der Waals surface area contributed by atoms with E-state index in [0.717, 1.165) is 6.20 Å². The predicted octanol–water partition coefficient (Wildman–Crippen LogP) is 1.99. The lowest BCUT2D eigenvalue weighted by molar-refractivity contribution is 0.405. The van der Waals surface area contributed by atoms with Gasteiger partial charge in [0.15, 0.2) is 5.75 Å². The fourth-order valence-corrected chi connectivity index (χ4v) is 0.926. The molecule has 1 rings (SSSR count). The fraction of sp³-hybridized carbons (Fsp3) is 0.167. The van der Waals surface area contributed by atoms with Crippen LogP contribution in [0.2, 0.25) is 0 Å². The Balaban J connectivity index is 3.09. The van der Waals surface area contributed by atoms with Crippen LogP contribution in [-0.4, -0.2) is 12.1 Å². The summed E-state index contributed by atoms with van der Waals surface area (Å²) in [5, 5.41) is 0. The molecule has 0 aliphatic rings. The van der Waals surface area contributed by atoms with Crippen molar-refractivity contribution in [1.29, 1.82) is 0 Å². The first-order valence-corrected chi connectivity index (χ1v) is 3.38. The molecule has 0 radical (unpaired) electrons. The Morgan fingerprint density at radius 1 is 1.70 bits per heavy atom. The van der Waals surface area contributed by atoms with Crippen LogP contribution in [0, 0.1) is 5.82 Å². The van der Waals surface area contributed by atoms with Crippen LogP contribution < -0.4 is 4.74 Å². The second-order valence-electron chi connectivity index (χ2n) is 1.65. The maximum absolute atomic E-state index is 12.4. The van der Waals surface area contributed by atoms with Gasteiger partial charge < -0.3 is 4.74 Å². The molecule has 1 heterocycles. The van der Waals surface area contributed by atoms with Crippen molar-refractivity contribution >= 4 is 15.9 Å². The Labute approximate surface area is 66.2 Å². The zero-order valence-electron chi connectivity index (χ0n) is 5.27. The smallest absolute Gasteiger partial charge is 0.154 e. The number of nitrogens with zero attached hydrogens (tertiary/aromatic N) is 1. The molecule has 0 saturated carbocycles. The summed E-state index contributed by atoms with van der Waals surface area (Å²) in [4.78, 5) is 3.67. The minimum absolute atomic E-state index is 0.403. The third-order valence-electron chi connectivity index (χ3n) is 0.993. The summed E-state index contributed by atoms with van der Waals surface area (Å²) >= 11 is 3.09. The number of aromatic nitrogens is 1. The molecule has 0 aromatic carbocycles. The molecule has 0 N–H and O–H groups in total. The first-order chi connectivity index (χ1) is 4.74. The zero-order valence-corrected chi connectivity index (χ0v) is 6.85. The standard InChI is InChI=1S/C6H5BrFNO/c1-10-5-2-4(8)3-9-6(5)7/h2-3H,1H3. The highest BCUT2D eigenvalue weighted by Gasteiger charge is 2.00. The summed E-state index contributed by atoms with van der Waals surface area (Å²) in [5.41, 5.74) is 0. The summed E-state index contributed by atoms with van der Waals surface area (Å²) < 4.78 is 17.7. The summed E-state index contributed by atoms with van der Waals surface area (Å²) in [6.07, 6.45) is 1.12. The summed E-state index contributed by atoms with van der Waals surface area (Å²) in [7, 11) is 1.46. The molecular formula is C6H5BrFNO. The second-order valence-corrected chi connectivity index (χ2v) is 2.40. The number of hydrogen-bond acceptors (Lipinski definition) is 2. The first kappa shape index (κ1) is 7.47. The van der Waals surface area contributed by atoms with E-state index in [-0.39, 0.29) is 0 Å². The normalized spacial score (nSPS) is 9.50. The topological polar surface area (TPSA) is 22.1 Å². The Morgan fingerprint density at radius 2 is 2.40 bits per heavy atom. The van der Waals surface area contributed by atoms with Gasteiger partial charge in [0.2, 0.25) is 0 Å². The van der Waals surface area contributed by atoms with Crippen molar-refractivity contribution in [1.82, 2.24) is 4.98 Å². The quantitative estimate of drug-likeness (QED) is 0.655. The maximum Gasteiger partial charge on any atom is 0.154 e. The van der Waals surface area contributed by atoms with E-state index >= 15 is 0 Å². The van der Waals surface area contributed by atoms with Crippen LogP contribution in [0.5, 0.6) is 5.75 Å². The van der Waals surface area contributed by atoms with Crippen molar-refractivity contribution < 1.29 is 9.13 Å². The number of pyridine rings is 1. The van der Waals surface area contributed by atoms with Gasteiger partial charge in [0.05, 0.1) is 13.3 Å². The van der Waals surface area contributed by atoms with Crippen LogP contribution in [0.15, 0.2) is 16.9 Å². The molecule has 10 heavy (non-hydrogen) atoms. The molecule has 0 bridgehead atoms. The summed E-state index contributed by atoms with van der Waals surface area (Å²) in [6, 6.07) is 1.26. The largest absolute Gasteiger partial charge is 0.494 e. The van der Waals surface area contributed by atoms with E-state index in [1.807, 2.05) is 0 Å². The second kappa shape index (κ2) is 2.96. The molecule has 0 aliphatic carbocycles. The van der Waals surface area contributed by atoms with Gasteiger partial charge in [-0.15, -0.1) is 0 Å². The molecule has 0 amide bonds. The van der Waals surface area contributed by atoms with Gasteiger partial charge in [0.25, 0.3) is 0 Å². The average molecular weight is 206 g/mol. The minimum Gasteiger partial charge on any atom is -0.494 e. The van der Waals surface area contributed by atoms with Crippen molar-refractivity contribution in [2.75, 3.05) is 7.11 Å². The van der Waals surface area contributed by atoms with Gasteiger partial charge in [-0.05, 0) is 15.9 Å². The van der Waals surface area contributed by atoms with E-state index in [0.29, 0.717) is 10.4 Å². The predicted molar refractivity (Wildman–Crippen MR) is 38.4 cm³/mol. The van der Waals surface area contributed by atoms with E-state index in [4.69, 9.17) is 4.74 Å². The highest BCUT2D eigenvalue weighted by Crippen LogP contribution is 2.21. The Bertz CT molecular complexity index is 241. The van der Waals surface area contributed by atoms with Crippen molar-refractivity contribution in [3.63, 3.8) is 0 Å². The molecular weight excluding hydrogens is 201 g/mol. The van der Waals surface area contributed by atoms with Crippen molar-refractivity contribution in [2.24, 2.45) is 0 Å². The molecule has 4 heteroatoms. The number of rotatable bonds is 1. The van der Waals surface area contributed by atoms with E-state index in [2.05, 4.69) is 20.9 Å². The zero-order chi connectivity index (χ0) is 7.56. The molecule has 0 aliphatic heterocycles. The van der Waals surface area contributed by atoms with Crippen LogP contribution in [0.4, 0.5) is 4.39 Å². The van der Waals surface area contributed by atoms with Crippen LogP contribution in [0.1, 0.15) is 0 Å². The molecule has 2 nitrogen and oxygen atoms in total. The van der Waals surface area contributed by atoms with Gasteiger partial charge in [0.1, 0.15) is 10.4 Å². The van der Waals surface area contributed by atoms with Gasteiger partial charge in [0, 0.05) is 6.07 Å². The van der Waals surface area contributed by atoms with Crippen molar-refractivity contribution in [3.8, 4) is 5.75 Å². The van der Waals surface area contributed by atoms with Crippen molar-refractivity contribution in [2.45, 2.75) is 0 Å². The van der Waals surface area contributed by atoms with Crippen LogP contribution in [0.25, 0.3) is 0 Å². The highest BCUT2D eigenvalue weighted by molar-refractivity contribution is 9.10. The Hall–Kier alpha value is -0.640. The van der Waals surface area contributed by atoms with Gasteiger partial charge in [-0.25, -0.2) is 9.37 Å². The Kier molecular flexibility index (Phi) is 2.21. The van der Waals surface area contributed by atoms with E-state index in [9.17, 15) is 4.39 Å². The monoisotopic (exact) mass is 205 g/mol. The van der Waals surface area contributed by atoms with Gasteiger partial charge in [-0.3, -0.25) is 0 Å². The number of hydrogen-bond donors (Lipinski definition) is 0. The van der Waals surface area contributed by atoms with E-state index < -0.39 is 5.82 Å². The molecule has 0 fully saturated rings. The SMILES string of the molecule is COc1cc(F)cnc1Br. The average Bonchev–Trinajstić information content (AvgIpc) is 1.94. The molecule has 0 saturated heterocycles. The minimum atomic E-state index is -0.403. The lowest BCUT2D eigenvalue weighted by Gasteiger charge is -1.99. The van der Waals surface area contributed by atoms with Crippen LogP contribution >= 0.6 is 15.9 Å². The summed E-state index contributed by atoms with van der Waals surface area (Å²) in [6.45, 7) is 0. The Morgan fingerprint density at radius 3 is 2.90 bits per heavy atom. The number of ether oxygens (including phenoxy) is 1. The number of halogens is 2. The third kappa shape index (κ3) is 1.44. The van der Waals surface area contributed by atoms with Crippen molar-refractivity contribution in [3.05, 3.63) is 22.7 Å². The summed E-state index contributed by atoms with van der Waals surface area (Å²) in [5.74, 6) is 0.0000463. The van der Waals surface area contributed by atoms with Gasteiger partial charge in [-0.2, -0.15) is 0 Å². The molecule has 0 unspecified atom stereocenters. The molecule has 54 valence electrons. The lowest BCUT2D eigenvalue weighted by Crippen LogP contribution is -1.87. The van der Waals surface area contributed by atoms with E-state index in [1.165, 1.54) is 13.2 Å². The maximum atomic E-state index is 12.4. The number of methoxy groups -OCH3 is 1. The fourth-order valence-electron chi connectivity index (χ4n) is 0.547. The van der Waals surface area contributed by atoms with Crippen LogP contribution in [-0.2, 0) is 0 Å². The molecule has 1 aromatic rings. The first-order valence-electron chi connectivity index (χ1n) is 2.59. The lowest BCUT2D eigenvalue weighted by atomic mass is 10.4. The van der Waals surface area contributed by atoms with Gasteiger partial charge in [-0.1, -0.05) is 0 Å². The molecule has 1 aromatic heterocycles. The third-order valence-corrected chi connectivity index (χ3v) is 1.59. The van der Waals surface area contributed by atoms with Gasteiger partial charge >= 0.3 is 0 Å². The molecule has 0 atom stereocenters.